The Bertz CT molecular complexity index is 503. The third-order valence-corrected chi connectivity index (χ3v) is 3.96. The molecule has 4 nitrogen and oxygen atoms in total. The molecule has 1 atom stereocenters. The second kappa shape index (κ2) is 5.65. The summed E-state index contributed by atoms with van der Waals surface area (Å²) in [6.07, 6.45) is 2.13. The molecule has 1 saturated carbocycles. The van der Waals surface area contributed by atoms with E-state index in [2.05, 4.69) is 20.8 Å². The largest absolute Gasteiger partial charge is 0.478 e. The minimum absolute atomic E-state index is 0.00522. The Labute approximate surface area is 119 Å². The molecular formula is C16H21NO3. The molecule has 1 aliphatic carbocycles. The van der Waals surface area contributed by atoms with Gasteiger partial charge < -0.3 is 10.0 Å². The first-order chi connectivity index (χ1) is 9.41. The number of hydrogen-bond acceptors (Lipinski definition) is 2. The Balaban J connectivity index is 2.21. The molecule has 1 aromatic carbocycles. The minimum atomic E-state index is -0.974. The van der Waals surface area contributed by atoms with Crippen LogP contribution in [0.2, 0.25) is 0 Å². The highest BCUT2D eigenvalue weighted by atomic mass is 16.4. The van der Waals surface area contributed by atoms with Crippen LogP contribution in [0.3, 0.4) is 0 Å². The summed E-state index contributed by atoms with van der Waals surface area (Å²) in [7, 11) is 0. The molecular weight excluding hydrogens is 254 g/mol. The quantitative estimate of drug-likeness (QED) is 0.898. The van der Waals surface area contributed by atoms with Gasteiger partial charge in [-0.1, -0.05) is 13.8 Å². The molecule has 0 aliphatic heterocycles. The molecule has 0 spiro atoms. The molecule has 2 rings (SSSR count). The molecule has 0 bridgehead atoms. The van der Waals surface area contributed by atoms with Gasteiger partial charge in [-0.05, 0) is 49.9 Å². The van der Waals surface area contributed by atoms with Crippen LogP contribution < -0.4 is 0 Å². The molecule has 1 aliphatic rings. The smallest absolute Gasteiger partial charge is 0.335 e. The topological polar surface area (TPSA) is 57.6 Å². The zero-order valence-electron chi connectivity index (χ0n) is 12.2. The molecule has 1 amide bonds. The monoisotopic (exact) mass is 275 g/mol. The molecule has 0 radical (unpaired) electrons. The number of benzene rings is 1. The highest BCUT2D eigenvalue weighted by molar-refractivity contribution is 5.96. The van der Waals surface area contributed by atoms with E-state index < -0.39 is 5.97 Å². The SMILES string of the molecule is CC(C)C(C)N(C(=O)c1ccc(C(=O)O)cc1)C1CC1. The van der Waals surface area contributed by atoms with E-state index in [0.717, 1.165) is 12.8 Å². The average molecular weight is 275 g/mol. The number of hydrogen-bond donors (Lipinski definition) is 1. The number of amides is 1. The third kappa shape index (κ3) is 3.00. The molecule has 20 heavy (non-hydrogen) atoms. The Morgan fingerprint density at radius 3 is 2.00 bits per heavy atom. The second-order valence-corrected chi connectivity index (χ2v) is 5.81. The van der Waals surface area contributed by atoms with E-state index in [1.165, 1.54) is 12.1 Å². The van der Waals surface area contributed by atoms with E-state index in [4.69, 9.17) is 5.11 Å². The Hall–Kier alpha value is -1.84. The molecule has 4 heteroatoms. The summed E-state index contributed by atoms with van der Waals surface area (Å²) < 4.78 is 0. The van der Waals surface area contributed by atoms with Gasteiger partial charge in [-0.25, -0.2) is 4.79 Å². The maximum Gasteiger partial charge on any atom is 0.335 e. The van der Waals surface area contributed by atoms with Crippen molar-refractivity contribution in [3.63, 3.8) is 0 Å². The first-order valence-corrected chi connectivity index (χ1v) is 7.08. The normalized spacial score (nSPS) is 16.0. The van der Waals surface area contributed by atoms with E-state index >= 15 is 0 Å². The van der Waals surface area contributed by atoms with Crippen molar-refractivity contribution in [1.82, 2.24) is 4.90 Å². The summed E-state index contributed by atoms with van der Waals surface area (Å²) in [6.45, 7) is 6.30. The number of aromatic carboxylic acids is 1. The van der Waals surface area contributed by atoms with E-state index in [-0.39, 0.29) is 17.5 Å². The molecule has 1 unspecified atom stereocenters. The summed E-state index contributed by atoms with van der Waals surface area (Å²) in [5, 5.41) is 8.89. The Morgan fingerprint density at radius 1 is 1.10 bits per heavy atom. The van der Waals surface area contributed by atoms with Crippen molar-refractivity contribution in [3.8, 4) is 0 Å². The van der Waals surface area contributed by atoms with Crippen molar-refractivity contribution in [3.05, 3.63) is 35.4 Å². The standard InChI is InChI=1S/C16H21NO3/c1-10(2)11(3)17(14-8-9-14)15(18)12-4-6-13(7-5-12)16(19)20/h4-7,10-11,14H,8-9H2,1-3H3,(H,19,20). The number of nitrogens with zero attached hydrogens (tertiary/aromatic N) is 1. The summed E-state index contributed by atoms with van der Waals surface area (Å²) >= 11 is 0. The summed E-state index contributed by atoms with van der Waals surface area (Å²) in [5.41, 5.74) is 0.769. The fourth-order valence-corrected chi connectivity index (χ4v) is 2.26. The predicted molar refractivity (Wildman–Crippen MR) is 76.9 cm³/mol. The lowest BCUT2D eigenvalue weighted by Crippen LogP contribution is -2.43. The second-order valence-electron chi connectivity index (χ2n) is 5.81. The zero-order chi connectivity index (χ0) is 14.9. The fraction of sp³-hybridized carbons (Fsp3) is 0.500. The number of carbonyl (C=O) groups is 2. The minimum Gasteiger partial charge on any atom is -0.478 e. The van der Waals surface area contributed by atoms with Crippen LogP contribution >= 0.6 is 0 Å². The summed E-state index contributed by atoms with van der Waals surface area (Å²) in [4.78, 5) is 25.4. The molecule has 1 N–H and O–H groups in total. The number of carboxylic acid groups (broad SMARTS) is 1. The van der Waals surface area contributed by atoms with Crippen LogP contribution in [0.15, 0.2) is 24.3 Å². The van der Waals surface area contributed by atoms with Gasteiger partial charge in [0.25, 0.3) is 5.91 Å². The van der Waals surface area contributed by atoms with Crippen LogP contribution in [0.5, 0.6) is 0 Å². The molecule has 1 fully saturated rings. The lowest BCUT2D eigenvalue weighted by atomic mass is 10.0. The fourth-order valence-electron chi connectivity index (χ4n) is 2.26. The van der Waals surface area contributed by atoms with Crippen molar-refractivity contribution in [1.29, 1.82) is 0 Å². The average Bonchev–Trinajstić information content (AvgIpc) is 3.23. The maximum atomic E-state index is 12.6. The van der Waals surface area contributed by atoms with E-state index in [9.17, 15) is 9.59 Å². The Kier molecular flexibility index (Phi) is 4.12. The van der Waals surface area contributed by atoms with Crippen molar-refractivity contribution < 1.29 is 14.7 Å². The lowest BCUT2D eigenvalue weighted by molar-refractivity contribution is 0.0625. The first kappa shape index (κ1) is 14.6. The highest BCUT2D eigenvalue weighted by Crippen LogP contribution is 2.32. The van der Waals surface area contributed by atoms with E-state index in [1.807, 2.05) is 4.90 Å². The number of carboxylic acids is 1. The summed E-state index contributed by atoms with van der Waals surface area (Å²) in [6, 6.07) is 6.72. The molecule has 0 saturated heterocycles. The van der Waals surface area contributed by atoms with Gasteiger partial charge in [-0.2, -0.15) is 0 Å². The number of rotatable bonds is 5. The maximum absolute atomic E-state index is 12.6. The van der Waals surface area contributed by atoms with Gasteiger partial charge in [0.2, 0.25) is 0 Å². The van der Waals surface area contributed by atoms with Crippen molar-refractivity contribution >= 4 is 11.9 Å². The van der Waals surface area contributed by atoms with Gasteiger partial charge in [0.05, 0.1) is 5.56 Å². The predicted octanol–water partition coefficient (Wildman–Crippen LogP) is 3.03. The molecule has 0 aromatic heterocycles. The van der Waals surface area contributed by atoms with Gasteiger partial charge >= 0.3 is 5.97 Å². The first-order valence-electron chi connectivity index (χ1n) is 7.08. The van der Waals surface area contributed by atoms with Crippen LogP contribution in [-0.4, -0.2) is 34.0 Å². The number of carbonyl (C=O) groups excluding carboxylic acids is 1. The van der Waals surface area contributed by atoms with Crippen LogP contribution in [0.4, 0.5) is 0 Å². The van der Waals surface area contributed by atoms with Gasteiger partial charge in [0.15, 0.2) is 0 Å². The van der Waals surface area contributed by atoms with Crippen LogP contribution in [0.1, 0.15) is 54.3 Å². The van der Waals surface area contributed by atoms with Crippen LogP contribution in [0, 0.1) is 5.92 Å². The van der Waals surface area contributed by atoms with Gasteiger partial charge in [-0.15, -0.1) is 0 Å². The highest BCUT2D eigenvalue weighted by Gasteiger charge is 2.36. The van der Waals surface area contributed by atoms with Crippen LogP contribution in [0.25, 0.3) is 0 Å². The molecule has 108 valence electrons. The molecule has 1 aromatic rings. The van der Waals surface area contributed by atoms with Crippen LogP contribution in [-0.2, 0) is 0 Å². The zero-order valence-corrected chi connectivity index (χ0v) is 12.2. The van der Waals surface area contributed by atoms with Gasteiger partial charge in [0, 0.05) is 17.6 Å². The van der Waals surface area contributed by atoms with Crippen molar-refractivity contribution in [2.45, 2.75) is 45.7 Å². The van der Waals surface area contributed by atoms with Crippen molar-refractivity contribution in [2.24, 2.45) is 5.92 Å². The van der Waals surface area contributed by atoms with Gasteiger partial charge in [-0.3, -0.25) is 4.79 Å². The van der Waals surface area contributed by atoms with E-state index in [0.29, 0.717) is 17.5 Å². The summed E-state index contributed by atoms with van der Waals surface area (Å²) in [5.74, 6) is -0.568. The molecule has 0 heterocycles. The van der Waals surface area contributed by atoms with Gasteiger partial charge in [0.1, 0.15) is 0 Å². The van der Waals surface area contributed by atoms with Crippen molar-refractivity contribution in [2.75, 3.05) is 0 Å². The third-order valence-electron chi connectivity index (χ3n) is 3.96. The lowest BCUT2D eigenvalue weighted by Gasteiger charge is -2.32. The van der Waals surface area contributed by atoms with E-state index in [1.54, 1.807) is 12.1 Å². The Morgan fingerprint density at radius 2 is 1.60 bits per heavy atom.